The predicted octanol–water partition coefficient (Wildman–Crippen LogP) is 1.84. The van der Waals surface area contributed by atoms with E-state index in [1.165, 1.54) is 0 Å². The molecule has 1 N–H and O–H groups in total. The second kappa shape index (κ2) is 7.08. The highest BCUT2D eigenvalue weighted by Crippen LogP contribution is 2.23. The summed E-state index contributed by atoms with van der Waals surface area (Å²) >= 11 is 0. The number of nitrogens with zero attached hydrogens (tertiary/aromatic N) is 1. The van der Waals surface area contributed by atoms with Crippen LogP contribution in [-0.2, 0) is 10.0 Å². The summed E-state index contributed by atoms with van der Waals surface area (Å²) < 4.78 is 26.8. The van der Waals surface area contributed by atoms with Crippen molar-refractivity contribution in [2.45, 2.75) is 31.1 Å². The van der Waals surface area contributed by atoms with Gasteiger partial charge in [-0.2, -0.15) is 4.31 Å². The Hall–Kier alpha value is -1.35. The smallest absolute Gasteiger partial charge is 0.243 e. The minimum atomic E-state index is -3.42. The summed E-state index contributed by atoms with van der Waals surface area (Å²) in [6, 6.07) is 6.71. The average Bonchev–Trinajstić information content (AvgIpc) is 2.48. The molecule has 0 aromatic heterocycles. The van der Waals surface area contributed by atoms with E-state index in [1.54, 1.807) is 28.6 Å². The van der Waals surface area contributed by atoms with Crippen molar-refractivity contribution in [2.24, 2.45) is 5.92 Å². The van der Waals surface area contributed by atoms with Gasteiger partial charge in [0, 0.05) is 25.1 Å². The van der Waals surface area contributed by atoms with E-state index >= 15 is 0 Å². The standard InChI is InChI=1S/C16H21NO3S/c1-14-8-10-17(11-9-14)21(19,20)16-7-4-6-15(13-16)5-2-3-12-18/h4,6-7,13-14,18H,3,8-12H2,1H3. The fourth-order valence-electron chi connectivity index (χ4n) is 2.33. The second-order valence-electron chi connectivity index (χ2n) is 5.39. The molecule has 0 spiro atoms. The van der Waals surface area contributed by atoms with Gasteiger partial charge in [-0.15, -0.1) is 0 Å². The largest absolute Gasteiger partial charge is 0.395 e. The quantitative estimate of drug-likeness (QED) is 0.867. The minimum absolute atomic E-state index is 0.0109. The van der Waals surface area contributed by atoms with Gasteiger partial charge in [0.05, 0.1) is 11.5 Å². The fraction of sp³-hybridized carbons (Fsp3) is 0.500. The molecule has 0 aliphatic carbocycles. The maximum Gasteiger partial charge on any atom is 0.243 e. The number of sulfonamides is 1. The molecule has 1 aromatic rings. The molecule has 0 saturated carbocycles. The van der Waals surface area contributed by atoms with Gasteiger partial charge in [0.2, 0.25) is 10.0 Å². The molecule has 114 valence electrons. The molecule has 2 rings (SSSR count). The van der Waals surface area contributed by atoms with Gasteiger partial charge in [0.25, 0.3) is 0 Å². The monoisotopic (exact) mass is 307 g/mol. The highest BCUT2D eigenvalue weighted by molar-refractivity contribution is 7.89. The Morgan fingerprint density at radius 1 is 1.33 bits per heavy atom. The van der Waals surface area contributed by atoms with Crippen molar-refractivity contribution >= 4 is 10.0 Å². The molecule has 1 aromatic carbocycles. The van der Waals surface area contributed by atoms with Crippen molar-refractivity contribution in [2.75, 3.05) is 19.7 Å². The first-order valence-electron chi connectivity index (χ1n) is 7.24. The summed E-state index contributed by atoms with van der Waals surface area (Å²) in [6.07, 6.45) is 2.21. The molecule has 1 fully saturated rings. The molecule has 4 nitrogen and oxygen atoms in total. The van der Waals surface area contributed by atoms with Crippen molar-refractivity contribution in [3.05, 3.63) is 29.8 Å². The van der Waals surface area contributed by atoms with Crippen LogP contribution in [-0.4, -0.2) is 37.5 Å². The van der Waals surface area contributed by atoms with Crippen LogP contribution in [0.4, 0.5) is 0 Å². The van der Waals surface area contributed by atoms with Crippen LogP contribution in [0, 0.1) is 17.8 Å². The summed E-state index contributed by atoms with van der Waals surface area (Å²) in [4.78, 5) is 0.299. The molecule has 1 saturated heterocycles. The van der Waals surface area contributed by atoms with Crippen LogP contribution in [0.5, 0.6) is 0 Å². The Labute approximate surface area is 126 Å². The molecule has 1 heterocycles. The average molecular weight is 307 g/mol. The molecular formula is C16H21NO3S. The lowest BCUT2D eigenvalue weighted by Gasteiger charge is -2.29. The summed E-state index contributed by atoms with van der Waals surface area (Å²) in [5.74, 6) is 6.27. The molecule has 0 amide bonds. The van der Waals surface area contributed by atoms with E-state index in [0.717, 1.165) is 12.8 Å². The van der Waals surface area contributed by atoms with E-state index in [0.29, 0.717) is 35.9 Å². The summed E-state index contributed by atoms with van der Waals surface area (Å²) in [5.41, 5.74) is 0.662. The van der Waals surface area contributed by atoms with Crippen molar-refractivity contribution < 1.29 is 13.5 Å². The van der Waals surface area contributed by atoms with Crippen LogP contribution in [0.15, 0.2) is 29.2 Å². The number of benzene rings is 1. The molecule has 0 radical (unpaired) electrons. The number of rotatable bonds is 3. The van der Waals surface area contributed by atoms with Gasteiger partial charge in [-0.25, -0.2) is 8.42 Å². The Kier molecular flexibility index (Phi) is 5.40. The van der Waals surface area contributed by atoms with E-state index in [9.17, 15) is 8.42 Å². The molecule has 5 heteroatoms. The maximum absolute atomic E-state index is 12.6. The maximum atomic E-state index is 12.6. The van der Waals surface area contributed by atoms with Crippen molar-refractivity contribution in [1.29, 1.82) is 0 Å². The molecule has 0 atom stereocenters. The normalized spacial score (nSPS) is 17.2. The van der Waals surface area contributed by atoms with E-state index in [1.807, 2.05) is 0 Å². The highest BCUT2D eigenvalue weighted by atomic mass is 32.2. The number of piperidine rings is 1. The van der Waals surface area contributed by atoms with E-state index in [4.69, 9.17) is 5.11 Å². The SMILES string of the molecule is CC1CCN(S(=O)(=O)c2cccc(C#CCCO)c2)CC1. The van der Waals surface area contributed by atoms with Gasteiger partial charge >= 0.3 is 0 Å². The van der Waals surface area contributed by atoms with Crippen LogP contribution in [0.1, 0.15) is 31.7 Å². The lowest BCUT2D eigenvalue weighted by molar-refractivity contribution is 0.288. The van der Waals surface area contributed by atoms with E-state index in [-0.39, 0.29) is 6.61 Å². The van der Waals surface area contributed by atoms with Crippen LogP contribution in [0.25, 0.3) is 0 Å². The number of hydrogen-bond donors (Lipinski definition) is 1. The van der Waals surface area contributed by atoms with Gasteiger partial charge in [0.15, 0.2) is 0 Å². The Morgan fingerprint density at radius 2 is 2.05 bits per heavy atom. The van der Waals surface area contributed by atoms with Crippen LogP contribution >= 0.6 is 0 Å². The van der Waals surface area contributed by atoms with Gasteiger partial charge in [-0.1, -0.05) is 24.8 Å². The Morgan fingerprint density at radius 3 is 2.71 bits per heavy atom. The molecule has 21 heavy (non-hydrogen) atoms. The lowest BCUT2D eigenvalue weighted by Crippen LogP contribution is -2.37. The van der Waals surface area contributed by atoms with Crippen molar-refractivity contribution in [1.82, 2.24) is 4.31 Å². The number of hydrogen-bond acceptors (Lipinski definition) is 3. The van der Waals surface area contributed by atoms with Crippen LogP contribution < -0.4 is 0 Å². The Bertz CT molecular complexity index is 635. The minimum Gasteiger partial charge on any atom is -0.395 e. The third-order valence-electron chi connectivity index (χ3n) is 3.68. The van der Waals surface area contributed by atoms with Crippen LogP contribution in [0.2, 0.25) is 0 Å². The third-order valence-corrected chi connectivity index (χ3v) is 5.58. The summed E-state index contributed by atoms with van der Waals surface area (Å²) in [7, 11) is -3.42. The summed E-state index contributed by atoms with van der Waals surface area (Å²) in [5, 5.41) is 8.71. The molecular weight excluding hydrogens is 286 g/mol. The topological polar surface area (TPSA) is 57.6 Å². The van der Waals surface area contributed by atoms with E-state index in [2.05, 4.69) is 18.8 Å². The second-order valence-corrected chi connectivity index (χ2v) is 7.33. The highest BCUT2D eigenvalue weighted by Gasteiger charge is 2.27. The molecule has 1 aliphatic heterocycles. The number of aliphatic hydroxyl groups is 1. The first-order valence-corrected chi connectivity index (χ1v) is 8.68. The zero-order valence-electron chi connectivity index (χ0n) is 12.2. The van der Waals surface area contributed by atoms with Gasteiger partial charge in [-0.05, 0) is 37.0 Å². The van der Waals surface area contributed by atoms with Gasteiger partial charge < -0.3 is 5.11 Å². The lowest BCUT2D eigenvalue weighted by atomic mass is 10.0. The fourth-order valence-corrected chi connectivity index (χ4v) is 3.85. The third kappa shape index (κ3) is 4.07. The van der Waals surface area contributed by atoms with E-state index < -0.39 is 10.0 Å². The van der Waals surface area contributed by atoms with Crippen molar-refractivity contribution in [3.8, 4) is 11.8 Å². The van der Waals surface area contributed by atoms with Crippen LogP contribution in [0.3, 0.4) is 0 Å². The molecule has 0 bridgehead atoms. The molecule has 1 aliphatic rings. The van der Waals surface area contributed by atoms with Gasteiger partial charge in [0.1, 0.15) is 0 Å². The zero-order valence-corrected chi connectivity index (χ0v) is 13.1. The van der Waals surface area contributed by atoms with Gasteiger partial charge in [-0.3, -0.25) is 0 Å². The first kappa shape index (κ1) is 16.0. The Balaban J connectivity index is 2.21. The predicted molar refractivity (Wildman–Crippen MR) is 82.2 cm³/mol. The molecule has 0 unspecified atom stereocenters. The first-order chi connectivity index (χ1) is 10.0. The van der Waals surface area contributed by atoms with Crippen molar-refractivity contribution in [3.63, 3.8) is 0 Å². The number of aliphatic hydroxyl groups excluding tert-OH is 1. The summed E-state index contributed by atoms with van der Waals surface area (Å²) in [6.45, 7) is 3.34. The zero-order chi connectivity index (χ0) is 15.3.